The van der Waals surface area contributed by atoms with Gasteiger partial charge in [-0.3, -0.25) is 0 Å². The highest BCUT2D eigenvalue weighted by molar-refractivity contribution is 5.31. The van der Waals surface area contributed by atoms with Crippen molar-refractivity contribution in [2.24, 2.45) is 5.73 Å². The molecule has 0 bridgehead atoms. The average Bonchev–Trinajstić information content (AvgIpc) is 2.40. The monoisotopic (exact) mass is 241 g/mol. The minimum absolute atomic E-state index is 0.542. The van der Waals surface area contributed by atoms with Gasteiger partial charge >= 0.3 is 0 Å². The zero-order valence-electron chi connectivity index (χ0n) is 10.9. The van der Waals surface area contributed by atoms with Crippen LogP contribution in [0.25, 0.3) is 0 Å². The van der Waals surface area contributed by atoms with Crippen molar-refractivity contribution in [3.8, 4) is 5.75 Å². The van der Waals surface area contributed by atoms with Crippen molar-refractivity contribution < 1.29 is 4.74 Å². The molecule has 0 radical (unpaired) electrons. The SMILES string of the molecule is Cc1ccc(COc2cccc(CN)c2)cc1C. The smallest absolute Gasteiger partial charge is 0.120 e. The fourth-order valence-corrected chi connectivity index (χ4v) is 1.82. The summed E-state index contributed by atoms with van der Waals surface area (Å²) in [6, 6.07) is 14.3. The molecule has 0 aromatic heterocycles. The van der Waals surface area contributed by atoms with E-state index in [9.17, 15) is 0 Å². The Kier molecular flexibility index (Phi) is 4.00. The van der Waals surface area contributed by atoms with Crippen LogP contribution >= 0.6 is 0 Å². The Balaban J connectivity index is 2.04. The van der Waals surface area contributed by atoms with Crippen molar-refractivity contribution >= 4 is 0 Å². The van der Waals surface area contributed by atoms with Crippen LogP contribution in [0.15, 0.2) is 42.5 Å². The number of nitrogens with two attached hydrogens (primary N) is 1. The molecule has 0 heterocycles. The number of benzene rings is 2. The summed E-state index contributed by atoms with van der Waals surface area (Å²) < 4.78 is 5.77. The molecule has 0 spiro atoms. The summed E-state index contributed by atoms with van der Waals surface area (Å²) in [5.74, 6) is 0.871. The van der Waals surface area contributed by atoms with E-state index >= 15 is 0 Å². The molecule has 0 unspecified atom stereocenters. The maximum atomic E-state index is 5.77. The van der Waals surface area contributed by atoms with Crippen LogP contribution in [-0.4, -0.2) is 0 Å². The first-order chi connectivity index (χ1) is 8.69. The van der Waals surface area contributed by atoms with Gasteiger partial charge in [-0.2, -0.15) is 0 Å². The molecule has 2 aromatic carbocycles. The predicted molar refractivity (Wildman–Crippen MR) is 74.6 cm³/mol. The third-order valence-electron chi connectivity index (χ3n) is 3.11. The summed E-state index contributed by atoms with van der Waals surface area (Å²) in [6.45, 7) is 5.37. The van der Waals surface area contributed by atoms with E-state index < -0.39 is 0 Å². The lowest BCUT2D eigenvalue weighted by molar-refractivity contribution is 0.306. The quantitative estimate of drug-likeness (QED) is 0.891. The number of rotatable bonds is 4. The second-order valence-electron chi connectivity index (χ2n) is 4.56. The van der Waals surface area contributed by atoms with E-state index in [2.05, 4.69) is 32.0 Å². The lowest BCUT2D eigenvalue weighted by Crippen LogP contribution is -1.99. The number of aryl methyl sites for hydroxylation is 2. The lowest BCUT2D eigenvalue weighted by Gasteiger charge is -2.09. The molecule has 2 N–H and O–H groups in total. The third-order valence-corrected chi connectivity index (χ3v) is 3.11. The van der Waals surface area contributed by atoms with Gasteiger partial charge in [0.05, 0.1) is 0 Å². The topological polar surface area (TPSA) is 35.2 Å². The molecule has 0 amide bonds. The molecule has 0 saturated heterocycles. The minimum Gasteiger partial charge on any atom is -0.489 e. The lowest BCUT2D eigenvalue weighted by atomic mass is 10.1. The maximum Gasteiger partial charge on any atom is 0.120 e. The van der Waals surface area contributed by atoms with Crippen LogP contribution in [0.1, 0.15) is 22.3 Å². The largest absolute Gasteiger partial charge is 0.489 e. The number of hydrogen-bond donors (Lipinski definition) is 1. The van der Waals surface area contributed by atoms with Gasteiger partial charge in [0.2, 0.25) is 0 Å². The van der Waals surface area contributed by atoms with Crippen LogP contribution in [0.5, 0.6) is 5.75 Å². The molecule has 2 aromatic rings. The first-order valence-electron chi connectivity index (χ1n) is 6.17. The molecule has 2 nitrogen and oxygen atoms in total. The summed E-state index contributed by atoms with van der Waals surface area (Å²) in [5.41, 5.74) is 10.5. The molecule has 0 atom stereocenters. The van der Waals surface area contributed by atoms with E-state index in [0.29, 0.717) is 13.2 Å². The van der Waals surface area contributed by atoms with Crippen molar-refractivity contribution in [3.63, 3.8) is 0 Å². The maximum absolute atomic E-state index is 5.77. The number of ether oxygens (including phenoxy) is 1. The second-order valence-corrected chi connectivity index (χ2v) is 4.56. The summed E-state index contributed by atoms with van der Waals surface area (Å²) in [6.07, 6.45) is 0. The first kappa shape index (κ1) is 12.7. The molecule has 0 aliphatic heterocycles. The van der Waals surface area contributed by atoms with Crippen LogP contribution in [0.3, 0.4) is 0 Å². The predicted octanol–water partition coefficient (Wildman–Crippen LogP) is 3.34. The first-order valence-corrected chi connectivity index (χ1v) is 6.17. The van der Waals surface area contributed by atoms with Gasteiger partial charge in [-0.15, -0.1) is 0 Å². The summed E-state index contributed by atoms with van der Waals surface area (Å²) in [7, 11) is 0. The Morgan fingerprint density at radius 2 is 1.78 bits per heavy atom. The molecule has 0 saturated carbocycles. The fraction of sp³-hybridized carbons (Fsp3) is 0.250. The third kappa shape index (κ3) is 3.11. The van der Waals surface area contributed by atoms with Crippen molar-refractivity contribution in [2.45, 2.75) is 27.0 Å². The standard InChI is InChI=1S/C16H19NO/c1-12-6-7-15(8-13(12)2)11-18-16-5-3-4-14(9-16)10-17/h3-9H,10-11,17H2,1-2H3. The zero-order chi connectivity index (χ0) is 13.0. The molecule has 18 heavy (non-hydrogen) atoms. The number of hydrogen-bond acceptors (Lipinski definition) is 2. The molecule has 0 aliphatic carbocycles. The van der Waals surface area contributed by atoms with E-state index in [1.54, 1.807) is 0 Å². The molecule has 2 rings (SSSR count). The molecule has 94 valence electrons. The highest BCUT2D eigenvalue weighted by Crippen LogP contribution is 2.16. The molecule has 0 aliphatic rings. The minimum atomic E-state index is 0.542. The van der Waals surface area contributed by atoms with Crippen molar-refractivity contribution in [1.29, 1.82) is 0 Å². The normalized spacial score (nSPS) is 10.4. The van der Waals surface area contributed by atoms with Gasteiger partial charge in [0, 0.05) is 6.54 Å². The van der Waals surface area contributed by atoms with Gasteiger partial charge in [0.25, 0.3) is 0 Å². The zero-order valence-corrected chi connectivity index (χ0v) is 10.9. The van der Waals surface area contributed by atoms with E-state index in [0.717, 1.165) is 11.3 Å². The van der Waals surface area contributed by atoms with Gasteiger partial charge in [0.1, 0.15) is 12.4 Å². The summed E-state index contributed by atoms with van der Waals surface area (Å²) in [5, 5.41) is 0. The second kappa shape index (κ2) is 5.69. The molecular formula is C16H19NO. The van der Waals surface area contributed by atoms with E-state index in [4.69, 9.17) is 10.5 Å². The van der Waals surface area contributed by atoms with Crippen LogP contribution in [-0.2, 0) is 13.2 Å². The van der Waals surface area contributed by atoms with Crippen molar-refractivity contribution in [1.82, 2.24) is 0 Å². The van der Waals surface area contributed by atoms with Gasteiger partial charge in [-0.25, -0.2) is 0 Å². The van der Waals surface area contributed by atoms with Crippen LogP contribution in [0, 0.1) is 13.8 Å². The van der Waals surface area contributed by atoms with Gasteiger partial charge in [-0.05, 0) is 48.2 Å². The van der Waals surface area contributed by atoms with E-state index in [-0.39, 0.29) is 0 Å². The van der Waals surface area contributed by atoms with Crippen LogP contribution < -0.4 is 10.5 Å². The Hall–Kier alpha value is -1.80. The summed E-state index contributed by atoms with van der Waals surface area (Å²) in [4.78, 5) is 0. The van der Waals surface area contributed by atoms with Gasteiger partial charge in [0.15, 0.2) is 0 Å². The average molecular weight is 241 g/mol. The Labute approximate surface area is 108 Å². The van der Waals surface area contributed by atoms with Gasteiger partial charge in [-0.1, -0.05) is 30.3 Å². The van der Waals surface area contributed by atoms with E-state index in [1.807, 2.05) is 24.3 Å². The van der Waals surface area contributed by atoms with Crippen molar-refractivity contribution in [3.05, 3.63) is 64.7 Å². The molecule has 2 heteroatoms. The van der Waals surface area contributed by atoms with Crippen molar-refractivity contribution in [2.75, 3.05) is 0 Å². The molecular weight excluding hydrogens is 222 g/mol. The Morgan fingerprint density at radius 3 is 2.50 bits per heavy atom. The summed E-state index contributed by atoms with van der Waals surface area (Å²) >= 11 is 0. The van der Waals surface area contributed by atoms with Crippen LogP contribution in [0.4, 0.5) is 0 Å². The van der Waals surface area contributed by atoms with Gasteiger partial charge < -0.3 is 10.5 Å². The highest BCUT2D eigenvalue weighted by atomic mass is 16.5. The van der Waals surface area contributed by atoms with E-state index in [1.165, 1.54) is 16.7 Å². The molecule has 0 fully saturated rings. The van der Waals surface area contributed by atoms with Crippen LogP contribution in [0.2, 0.25) is 0 Å². The Morgan fingerprint density at radius 1 is 0.944 bits per heavy atom. The highest BCUT2D eigenvalue weighted by Gasteiger charge is 1.99. The Bertz CT molecular complexity index is 534. The fourth-order valence-electron chi connectivity index (χ4n) is 1.82.